The first-order chi connectivity index (χ1) is 16.1. The normalized spacial score (nSPS) is 16.1. The lowest BCUT2D eigenvalue weighted by Gasteiger charge is -2.26. The molecule has 33 heavy (non-hydrogen) atoms. The van der Waals surface area contributed by atoms with E-state index in [1.54, 1.807) is 42.7 Å². The Bertz CT molecular complexity index is 1170. The van der Waals surface area contributed by atoms with Crippen LogP contribution in [-0.2, 0) is 16.1 Å². The van der Waals surface area contributed by atoms with E-state index in [-0.39, 0.29) is 5.57 Å². The number of carbonyl (C=O) groups is 2. The lowest BCUT2D eigenvalue weighted by molar-refractivity contribution is -0.129. The third-order valence-electron chi connectivity index (χ3n) is 5.60. The van der Waals surface area contributed by atoms with Gasteiger partial charge in [0, 0.05) is 25.5 Å². The van der Waals surface area contributed by atoms with Crippen molar-refractivity contribution in [3.63, 3.8) is 0 Å². The number of ether oxygens (including phenoxy) is 1. The second kappa shape index (κ2) is 9.99. The number of aromatic nitrogens is 2. The summed E-state index contributed by atoms with van der Waals surface area (Å²) in [4.78, 5) is 31.7. The molecule has 4 rings (SSSR count). The van der Waals surface area contributed by atoms with E-state index in [1.165, 1.54) is 6.08 Å². The van der Waals surface area contributed by atoms with Crippen LogP contribution in [0.15, 0.2) is 90.7 Å². The molecule has 7 nitrogen and oxygen atoms in total. The zero-order valence-electron chi connectivity index (χ0n) is 18.3. The van der Waals surface area contributed by atoms with Crippen molar-refractivity contribution in [3.8, 4) is 5.75 Å². The highest BCUT2D eigenvalue weighted by molar-refractivity contribution is 6.14. The molecule has 1 aromatic heterocycles. The molecule has 0 fully saturated rings. The molecule has 3 aromatic rings. The van der Waals surface area contributed by atoms with Crippen molar-refractivity contribution in [2.75, 3.05) is 13.7 Å². The average molecular weight is 444 g/mol. The third kappa shape index (κ3) is 4.87. The molecule has 1 N–H and O–H groups in total. The van der Waals surface area contributed by atoms with Crippen LogP contribution in [0.1, 0.15) is 23.6 Å². The zero-order chi connectivity index (χ0) is 23.2. The van der Waals surface area contributed by atoms with E-state index in [4.69, 9.17) is 4.74 Å². The molecular weight excluding hydrogens is 418 g/mol. The van der Waals surface area contributed by atoms with E-state index in [2.05, 4.69) is 4.98 Å². The van der Waals surface area contributed by atoms with Crippen LogP contribution in [-0.4, -0.2) is 44.9 Å². The van der Waals surface area contributed by atoms with Crippen LogP contribution in [0, 0.1) is 0 Å². The number of hydrogen-bond donors (Lipinski definition) is 1. The molecule has 0 saturated carbocycles. The van der Waals surface area contributed by atoms with Crippen LogP contribution in [0.5, 0.6) is 5.75 Å². The van der Waals surface area contributed by atoms with Crippen molar-refractivity contribution in [1.29, 1.82) is 0 Å². The summed E-state index contributed by atoms with van der Waals surface area (Å²) in [7, 11) is 1.57. The van der Waals surface area contributed by atoms with Gasteiger partial charge >= 0.3 is 0 Å². The van der Waals surface area contributed by atoms with Crippen molar-refractivity contribution < 1.29 is 19.4 Å². The Morgan fingerprint density at radius 1 is 1.12 bits per heavy atom. The van der Waals surface area contributed by atoms with Gasteiger partial charge in [0.15, 0.2) is 11.5 Å². The molecule has 1 amide bonds. The predicted molar refractivity (Wildman–Crippen MR) is 124 cm³/mol. The molecule has 0 aliphatic carbocycles. The second-order valence-electron chi connectivity index (χ2n) is 7.70. The minimum absolute atomic E-state index is 0.0833. The van der Waals surface area contributed by atoms with Crippen LogP contribution in [0.25, 0.3) is 6.08 Å². The van der Waals surface area contributed by atoms with Crippen molar-refractivity contribution in [3.05, 3.63) is 102 Å². The van der Waals surface area contributed by atoms with E-state index in [0.717, 1.165) is 11.1 Å². The van der Waals surface area contributed by atoms with Crippen LogP contribution in [0.4, 0.5) is 0 Å². The highest BCUT2D eigenvalue weighted by Gasteiger charge is 2.42. The van der Waals surface area contributed by atoms with Gasteiger partial charge in [-0.15, -0.1) is 0 Å². The smallest absolute Gasteiger partial charge is 0.290 e. The number of nitrogens with zero attached hydrogens (tertiary/aromatic N) is 3. The minimum Gasteiger partial charge on any atom is -0.503 e. The SMILES string of the molecule is COc1ccc(C2C(C(=O)C=Cc3ccccc3)=C(O)C(=O)N2CCCn2ccnc2)cc1. The Morgan fingerprint density at radius 2 is 1.88 bits per heavy atom. The number of aryl methyl sites for hydroxylation is 1. The summed E-state index contributed by atoms with van der Waals surface area (Å²) >= 11 is 0. The quantitative estimate of drug-likeness (QED) is 0.506. The Morgan fingerprint density at radius 3 is 2.55 bits per heavy atom. The van der Waals surface area contributed by atoms with Crippen molar-refractivity contribution >= 4 is 17.8 Å². The number of aliphatic hydroxyl groups is 1. The molecule has 7 heteroatoms. The number of carbonyl (C=O) groups excluding carboxylic acids is 2. The molecule has 0 radical (unpaired) electrons. The van der Waals surface area contributed by atoms with E-state index < -0.39 is 23.5 Å². The first-order valence-corrected chi connectivity index (χ1v) is 10.7. The van der Waals surface area contributed by atoms with E-state index >= 15 is 0 Å². The lowest BCUT2D eigenvalue weighted by Crippen LogP contribution is -2.32. The first-order valence-electron chi connectivity index (χ1n) is 10.7. The number of aliphatic hydroxyl groups excluding tert-OH is 1. The number of imidazole rings is 1. The Balaban J connectivity index is 1.62. The molecule has 0 saturated heterocycles. The van der Waals surface area contributed by atoms with Crippen LogP contribution >= 0.6 is 0 Å². The van der Waals surface area contributed by atoms with Crippen LogP contribution < -0.4 is 4.74 Å². The maximum Gasteiger partial charge on any atom is 0.290 e. The van der Waals surface area contributed by atoms with Crippen LogP contribution in [0.2, 0.25) is 0 Å². The summed E-state index contributed by atoms with van der Waals surface area (Å²) in [5, 5.41) is 10.7. The van der Waals surface area contributed by atoms with Gasteiger partial charge in [-0.2, -0.15) is 0 Å². The Labute approximate surface area is 192 Å². The number of allylic oxidation sites excluding steroid dienone is 1. The van der Waals surface area contributed by atoms with Gasteiger partial charge in [0.05, 0.1) is 25.1 Å². The summed E-state index contributed by atoms with van der Waals surface area (Å²) < 4.78 is 7.16. The van der Waals surface area contributed by atoms with Gasteiger partial charge in [-0.25, -0.2) is 4.98 Å². The van der Waals surface area contributed by atoms with E-state index in [0.29, 0.717) is 25.3 Å². The number of amides is 1. The minimum atomic E-state index is -0.681. The average Bonchev–Trinajstić information content (AvgIpc) is 3.45. The van der Waals surface area contributed by atoms with Gasteiger partial charge < -0.3 is 19.3 Å². The highest BCUT2D eigenvalue weighted by Crippen LogP contribution is 2.38. The molecule has 1 atom stereocenters. The predicted octanol–water partition coefficient (Wildman–Crippen LogP) is 3.96. The maximum atomic E-state index is 13.2. The fourth-order valence-electron chi connectivity index (χ4n) is 3.94. The third-order valence-corrected chi connectivity index (χ3v) is 5.60. The lowest BCUT2D eigenvalue weighted by atomic mass is 9.95. The molecule has 0 spiro atoms. The summed E-state index contributed by atoms with van der Waals surface area (Å²) in [5.41, 5.74) is 1.67. The van der Waals surface area contributed by atoms with Gasteiger partial charge in [-0.1, -0.05) is 48.5 Å². The van der Waals surface area contributed by atoms with E-state index in [9.17, 15) is 14.7 Å². The van der Waals surface area contributed by atoms with Gasteiger partial charge in [-0.3, -0.25) is 9.59 Å². The molecule has 1 unspecified atom stereocenters. The molecule has 0 bridgehead atoms. The van der Waals surface area contributed by atoms with Gasteiger partial charge in [0.1, 0.15) is 5.75 Å². The summed E-state index contributed by atoms with van der Waals surface area (Å²) in [5.74, 6) is -0.776. The number of rotatable bonds is 9. The van der Waals surface area contributed by atoms with Crippen LogP contribution in [0.3, 0.4) is 0 Å². The first kappa shape index (κ1) is 22.1. The standard InChI is InChI=1S/C26H25N3O4/c1-33-21-11-9-20(10-12-21)24-23(22(30)13-8-19-6-3-2-4-7-19)25(31)26(32)29(24)16-5-15-28-17-14-27-18-28/h2-4,6-14,17-18,24,31H,5,15-16H2,1H3. The number of methoxy groups -OCH3 is 1. The summed E-state index contributed by atoms with van der Waals surface area (Å²) in [6.45, 7) is 1.04. The molecule has 168 valence electrons. The number of hydrogen-bond acceptors (Lipinski definition) is 5. The summed E-state index contributed by atoms with van der Waals surface area (Å²) in [6.07, 6.45) is 8.99. The topological polar surface area (TPSA) is 84.7 Å². The van der Waals surface area contributed by atoms with Crippen molar-refractivity contribution in [1.82, 2.24) is 14.5 Å². The van der Waals surface area contributed by atoms with Gasteiger partial charge in [0.2, 0.25) is 0 Å². The highest BCUT2D eigenvalue weighted by atomic mass is 16.5. The Hall–Kier alpha value is -4.13. The van der Waals surface area contributed by atoms with Gasteiger partial charge in [-0.05, 0) is 35.8 Å². The van der Waals surface area contributed by atoms with E-state index in [1.807, 2.05) is 53.2 Å². The fourth-order valence-corrected chi connectivity index (χ4v) is 3.94. The molecular formula is C26H25N3O4. The Kier molecular flexibility index (Phi) is 6.69. The van der Waals surface area contributed by atoms with Gasteiger partial charge in [0.25, 0.3) is 5.91 Å². The maximum absolute atomic E-state index is 13.2. The second-order valence-corrected chi connectivity index (χ2v) is 7.70. The largest absolute Gasteiger partial charge is 0.503 e. The monoisotopic (exact) mass is 443 g/mol. The molecule has 1 aliphatic rings. The van der Waals surface area contributed by atoms with Crippen molar-refractivity contribution in [2.45, 2.75) is 19.0 Å². The molecule has 1 aliphatic heterocycles. The zero-order valence-corrected chi connectivity index (χ0v) is 18.3. The fraction of sp³-hybridized carbons (Fsp3) is 0.192. The number of ketones is 1. The molecule has 2 heterocycles. The van der Waals surface area contributed by atoms with Crippen molar-refractivity contribution in [2.24, 2.45) is 0 Å². The summed E-state index contributed by atoms with van der Waals surface area (Å²) in [6, 6.07) is 15.9. The molecule has 2 aromatic carbocycles. The number of benzene rings is 2.